The van der Waals surface area contributed by atoms with Crippen LogP contribution in [0, 0.1) is 5.92 Å². The molecule has 0 bridgehead atoms. The van der Waals surface area contributed by atoms with Crippen molar-refractivity contribution in [3.63, 3.8) is 0 Å². The van der Waals surface area contributed by atoms with Crippen molar-refractivity contribution in [2.45, 2.75) is 19.1 Å². The minimum absolute atomic E-state index is 0.0107. The minimum Gasteiger partial charge on any atom is -0.497 e. The van der Waals surface area contributed by atoms with Crippen LogP contribution in [0.3, 0.4) is 0 Å². The molecule has 136 valence electrons. The molecule has 1 amide bonds. The topological polar surface area (TPSA) is 57.2 Å². The SMILES string of the molecule is COc1ccc(OC)c(/C=C/C(=O)N2CCC(C3OCCO3)CC2)c1. The molecular weight excluding hydrogens is 322 g/mol. The first-order valence-electron chi connectivity index (χ1n) is 8.63. The standard InChI is InChI=1S/C19H25NO5/c1-22-16-4-5-17(23-2)15(13-16)3-6-18(21)20-9-7-14(8-10-20)19-24-11-12-25-19/h3-6,13-14,19H,7-12H2,1-2H3/b6-3+. The predicted molar refractivity (Wildman–Crippen MR) is 93.6 cm³/mol. The highest BCUT2D eigenvalue weighted by molar-refractivity contribution is 5.92. The zero-order chi connectivity index (χ0) is 17.6. The lowest BCUT2D eigenvalue weighted by molar-refractivity contribution is -0.131. The van der Waals surface area contributed by atoms with Crippen molar-refractivity contribution < 1.29 is 23.7 Å². The Morgan fingerprint density at radius 1 is 1.16 bits per heavy atom. The minimum atomic E-state index is -0.0890. The van der Waals surface area contributed by atoms with Crippen molar-refractivity contribution >= 4 is 12.0 Å². The fraction of sp³-hybridized carbons (Fsp3) is 0.526. The van der Waals surface area contributed by atoms with E-state index in [1.807, 2.05) is 23.1 Å². The number of nitrogens with zero attached hydrogens (tertiary/aromatic N) is 1. The summed E-state index contributed by atoms with van der Waals surface area (Å²) in [5, 5.41) is 0. The van der Waals surface area contributed by atoms with Gasteiger partial charge in [0.25, 0.3) is 0 Å². The second kappa shape index (κ2) is 8.36. The summed E-state index contributed by atoms with van der Waals surface area (Å²) in [4.78, 5) is 14.3. The average Bonchev–Trinajstić information content (AvgIpc) is 3.20. The van der Waals surface area contributed by atoms with Gasteiger partial charge < -0.3 is 23.8 Å². The van der Waals surface area contributed by atoms with E-state index < -0.39 is 0 Å². The molecule has 0 unspecified atom stereocenters. The molecule has 25 heavy (non-hydrogen) atoms. The van der Waals surface area contributed by atoms with Crippen LogP contribution in [0.4, 0.5) is 0 Å². The van der Waals surface area contributed by atoms with Crippen molar-refractivity contribution in [3.05, 3.63) is 29.8 Å². The lowest BCUT2D eigenvalue weighted by Crippen LogP contribution is -2.40. The number of ether oxygens (including phenoxy) is 4. The van der Waals surface area contributed by atoms with Gasteiger partial charge in [0.2, 0.25) is 5.91 Å². The molecule has 2 heterocycles. The highest BCUT2D eigenvalue weighted by Crippen LogP contribution is 2.27. The summed E-state index contributed by atoms with van der Waals surface area (Å²) in [5.41, 5.74) is 0.817. The van der Waals surface area contributed by atoms with Gasteiger partial charge in [-0.1, -0.05) is 0 Å². The van der Waals surface area contributed by atoms with E-state index in [9.17, 15) is 4.79 Å². The number of piperidine rings is 1. The van der Waals surface area contributed by atoms with Gasteiger partial charge in [0.05, 0.1) is 27.4 Å². The van der Waals surface area contributed by atoms with E-state index in [-0.39, 0.29) is 12.2 Å². The molecule has 6 nitrogen and oxygen atoms in total. The van der Waals surface area contributed by atoms with Crippen LogP contribution in [0.25, 0.3) is 6.08 Å². The van der Waals surface area contributed by atoms with Crippen molar-refractivity contribution in [3.8, 4) is 11.5 Å². The average molecular weight is 347 g/mol. The first kappa shape index (κ1) is 17.8. The van der Waals surface area contributed by atoms with Crippen LogP contribution < -0.4 is 9.47 Å². The summed E-state index contributed by atoms with van der Waals surface area (Å²) in [6.45, 7) is 2.81. The molecule has 1 aromatic rings. The van der Waals surface area contributed by atoms with E-state index in [0.29, 0.717) is 24.9 Å². The number of rotatable bonds is 5. The molecule has 0 N–H and O–H groups in total. The molecule has 2 aliphatic rings. The third kappa shape index (κ3) is 4.32. The Bertz CT molecular complexity index is 616. The van der Waals surface area contributed by atoms with Gasteiger partial charge in [-0.2, -0.15) is 0 Å². The molecule has 0 radical (unpaired) electrons. The molecule has 0 spiro atoms. The van der Waals surface area contributed by atoms with Gasteiger partial charge in [0.1, 0.15) is 11.5 Å². The van der Waals surface area contributed by atoms with Gasteiger partial charge in [-0.3, -0.25) is 4.79 Å². The van der Waals surface area contributed by atoms with Gasteiger partial charge in [0, 0.05) is 30.6 Å². The van der Waals surface area contributed by atoms with Crippen molar-refractivity contribution in [1.82, 2.24) is 4.90 Å². The Labute approximate surface area is 148 Å². The normalized spacial score (nSPS) is 19.5. The molecule has 1 aromatic carbocycles. The number of hydrogen-bond acceptors (Lipinski definition) is 5. The zero-order valence-corrected chi connectivity index (χ0v) is 14.8. The molecule has 2 fully saturated rings. The second-order valence-electron chi connectivity index (χ2n) is 6.21. The number of methoxy groups -OCH3 is 2. The van der Waals surface area contributed by atoms with E-state index in [1.54, 1.807) is 26.4 Å². The molecule has 0 aromatic heterocycles. The van der Waals surface area contributed by atoms with Crippen molar-refractivity contribution in [1.29, 1.82) is 0 Å². The molecule has 0 saturated carbocycles. The van der Waals surface area contributed by atoms with E-state index >= 15 is 0 Å². The Kier molecular flexibility index (Phi) is 5.94. The van der Waals surface area contributed by atoms with Crippen LogP contribution in [-0.4, -0.2) is 57.6 Å². The molecular formula is C19H25NO5. The Hall–Kier alpha value is -2.05. The van der Waals surface area contributed by atoms with Crippen LogP contribution in [0.2, 0.25) is 0 Å². The van der Waals surface area contributed by atoms with Gasteiger partial charge in [-0.25, -0.2) is 0 Å². The van der Waals surface area contributed by atoms with Crippen LogP contribution >= 0.6 is 0 Å². The zero-order valence-electron chi connectivity index (χ0n) is 14.8. The maximum absolute atomic E-state index is 12.5. The summed E-state index contributed by atoms with van der Waals surface area (Å²) in [6.07, 6.45) is 5.10. The first-order chi connectivity index (χ1) is 12.2. The Morgan fingerprint density at radius 3 is 2.52 bits per heavy atom. The third-order valence-electron chi connectivity index (χ3n) is 4.73. The first-order valence-corrected chi connectivity index (χ1v) is 8.63. The predicted octanol–water partition coefficient (Wildman–Crippen LogP) is 2.33. The van der Waals surface area contributed by atoms with Crippen LogP contribution in [-0.2, 0) is 14.3 Å². The quantitative estimate of drug-likeness (QED) is 0.765. The van der Waals surface area contributed by atoms with Gasteiger partial charge in [0.15, 0.2) is 6.29 Å². The number of likely N-dealkylation sites (tertiary alicyclic amines) is 1. The number of hydrogen-bond donors (Lipinski definition) is 0. The molecule has 6 heteroatoms. The largest absolute Gasteiger partial charge is 0.497 e. The van der Waals surface area contributed by atoms with Crippen molar-refractivity contribution in [2.24, 2.45) is 5.92 Å². The monoisotopic (exact) mass is 347 g/mol. The lowest BCUT2D eigenvalue weighted by atomic mass is 9.96. The molecule has 2 saturated heterocycles. The Balaban J connectivity index is 1.58. The summed E-state index contributed by atoms with van der Waals surface area (Å²) in [6, 6.07) is 5.51. The van der Waals surface area contributed by atoms with Crippen LogP contribution in [0.15, 0.2) is 24.3 Å². The van der Waals surface area contributed by atoms with Crippen molar-refractivity contribution in [2.75, 3.05) is 40.5 Å². The van der Waals surface area contributed by atoms with E-state index in [0.717, 1.165) is 37.2 Å². The summed E-state index contributed by atoms with van der Waals surface area (Å²) >= 11 is 0. The lowest BCUT2D eigenvalue weighted by Gasteiger charge is -2.33. The van der Waals surface area contributed by atoms with Gasteiger partial charge >= 0.3 is 0 Å². The van der Waals surface area contributed by atoms with E-state index in [2.05, 4.69) is 0 Å². The fourth-order valence-electron chi connectivity index (χ4n) is 3.28. The highest BCUT2D eigenvalue weighted by atomic mass is 16.7. The number of benzene rings is 1. The van der Waals surface area contributed by atoms with Crippen LogP contribution in [0.1, 0.15) is 18.4 Å². The molecule has 0 aliphatic carbocycles. The summed E-state index contributed by atoms with van der Waals surface area (Å²) in [5.74, 6) is 1.83. The maximum Gasteiger partial charge on any atom is 0.246 e. The Morgan fingerprint density at radius 2 is 1.88 bits per heavy atom. The van der Waals surface area contributed by atoms with Gasteiger partial charge in [-0.15, -0.1) is 0 Å². The molecule has 2 aliphatic heterocycles. The fourth-order valence-corrected chi connectivity index (χ4v) is 3.28. The number of carbonyl (C=O) groups excluding carboxylic acids is 1. The summed E-state index contributed by atoms with van der Waals surface area (Å²) in [7, 11) is 3.22. The molecule has 0 atom stereocenters. The van der Waals surface area contributed by atoms with Crippen LogP contribution in [0.5, 0.6) is 11.5 Å². The smallest absolute Gasteiger partial charge is 0.246 e. The number of amides is 1. The summed E-state index contributed by atoms with van der Waals surface area (Å²) < 4.78 is 21.7. The van der Waals surface area contributed by atoms with E-state index in [1.165, 1.54) is 0 Å². The van der Waals surface area contributed by atoms with E-state index in [4.69, 9.17) is 18.9 Å². The molecule has 3 rings (SSSR count). The highest BCUT2D eigenvalue weighted by Gasteiger charge is 2.31. The maximum atomic E-state index is 12.5. The third-order valence-corrected chi connectivity index (χ3v) is 4.73. The second-order valence-corrected chi connectivity index (χ2v) is 6.21. The number of carbonyl (C=O) groups is 1. The van der Waals surface area contributed by atoms with Gasteiger partial charge in [-0.05, 0) is 37.1 Å².